The largest absolute Gasteiger partial charge is 0.374 e. The van der Waals surface area contributed by atoms with Crippen LogP contribution in [-0.4, -0.2) is 36.7 Å². The van der Waals surface area contributed by atoms with Crippen molar-refractivity contribution in [2.75, 3.05) is 19.7 Å². The van der Waals surface area contributed by atoms with E-state index in [9.17, 15) is 0 Å². The lowest BCUT2D eigenvalue weighted by molar-refractivity contribution is -0.0789. The first-order valence-electron chi connectivity index (χ1n) is 6.46. The SMILES string of the molecule is CC(C)N1CCOC(CN)C1c1ccc(Br)cc1. The maximum Gasteiger partial charge on any atom is 0.0894 e. The predicted octanol–water partition coefficient (Wildman–Crippen LogP) is 2.56. The highest BCUT2D eigenvalue weighted by Crippen LogP contribution is 2.31. The minimum absolute atomic E-state index is 0.0855. The van der Waals surface area contributed by atoms with Gasteiger partial charge in [0.1, 0.15) is 0 Å². The van der Waals surface area contributed by atoms with Crippen molar-refractivity contribution in [1.29, 1.82) is 0 Å². The molecule has 1 aliphatic heterocycles. The van der Waals surface area contributed by atoms with Gasteiger partial charge in [-0.05, 0) is 31.5 Å². The van der Waals surface area contributed by atoms with Crippen molar-refractivity contribution in [1.82, 2.24) is 4.90 Å². The normalized spacial score (nSPS) is 25.6. The maximum absolute atomic E-state index is 5.86. The third-order valence-electron chi connectivity index (χ3n) is 3.50. The van der Waals surface area contributed by atoms with Crippen molar-refractivity contribution in [3.8, 4) is 0 Å². The van der Waals surface area contributed by atoms with E-state index in [1.165, 1.54) is 5.56 Å². The van der Waals surface area contributed by atoms with Gasteiger partial charge in [-0.2, -0.15) is 0 Å². The van der Waals surface area contributed by atoms with Crippen molar-refractivity contribution in [2.45, 2.75) is 32.0 Å². The van der Waals surface area contributed by atoms with Crippen molar-refractivity contribution < 1.29 is 4.74 Å². The molecule has 1 saturated heterocycles. The fraction of sp³-hybridized carbons (Fsp3) is 0.571. The number of nitrogens with two attached hydrogens (primary N) is 1. The van der Waals surface area contributed by atoms with Crippen LogP contribution in [0.2, 0.25) is 0 Å². The summed E-state index contributed by atoms with van der Waals surface area (Å²) < 4.78 is 6.93. The van der Waals surface area contributed by atoms with Gasteiger partial charge in [0, 0.05) is 23.6 Å². The highest BCUT2D eigenvalue weighted by atomic mass is 79.9. The molecule has 1 fully saturated rings. The molecule has 2 rings (SSSR count). The summed E-state index contributed by atoms with van der Waals surface area (Å²) in [5.41, 5.74) is 7.14. The average Bonchev–Trinajstić information content (AvgIpc) is 2.38. The van der Waals surface area contributed by atoms with Gasteiger partial charge < -0.3 is 10.5 Å². The molecule has 1 heterocycles. The molecule has 4 heteroatoms. The third kappa shape index (κ3) is 2.94. The second-order valence-corrected chi connectivity index (χ2v) is 5.89. The smallest absolute Gasteiger partial charge is 0.0894 e. The summed E-state index contributed by atoms with van der Waals surface area (Å²) in [6.45, 7) is 6.75. The number of halogens is 1. The first kappa shape index (κ1) is 14.0. The molecule has 2 atom stereocenters. The monoisotopic (exact) mass is 312 g/mol. The molecule has 0 radical (unpaired) electrons. The van der Waals surface area contributed by atoms with Crippen LogP contribution < -0.4 is 5.73 Å². The lowest BCUT2D eigenvalue weighted by atomic mass is 9.97. The Morgan fingerprint density at radius 3 is 2.61 bits per heavy atom. The van der Waals surface area contributed by atoms with Crippen LogP contribution in [0.25, 0.3) is 0 Å². The first-order valence-corrected chi connectivity index (χ1v) is 7.25. The predicted molar refractivity (Wildman–Crippen MR) is 77.5 cm³/mol. The summed E-state index contributed by atoms with van der Waals surface area (Å²) in [5, 5.41) is 0. The average molecular weight is 313 g/mol. The number of hydrogen-bond donors (Lipinski definition) is 1. The van der Waals surface area contributed by atoms with E-state index in [0.717, 1.165) is 17.6 Å². The van der Waals surface area contributed by atoms with Crippen LogP contribution in [0.5, 0.6) is 0 Å². The fourth-order valence-corrected chi connectivity index (χ4v) is 2.86. The zero-order valence-electron chi connectivity index (χ0n) is 11.0. The Balaban J connectivity index is 2.30. The Morgan fingerprint density at radius 1 is 1.39 bits per heavy atom. The Bertz CT molecular complexity index is 380. The molecule has 0 aliphatic carbocycles. The molecule has 1 aromatic carbocycles. The van der Waals surface area contributed by atoms with Crippen molar-refractivity contribution in [2.24, 2.45) is 5.73 Å². The summed E-state index contributed by atoms with van der Waals surface area (Å²) in [6.07, 6.45) is 0.0855. The second-order valence-electron chi connectivity index (χ2n) is 4.97. The van der Waals surface area contributed by atoms with E-state index < -0.39 is 0 Å². The van der Waals surface area contributed by atoms with Gasteiger partial charge in [-0.3, -0.25) is 4.90 Å². The molecule has 3 nitrogen and oxygen atoms in total. The van der Waals surface area contributed by atoms with Gasteiger partial charge in [0.2, 0.25) is 0 Å². The summed E-state index contributed by atoms with van der Waals surface area (Å²) in [6, 6.07) is 9.23. The van der Waals surface area contributed by atoms with Crippen LogP contribution in [0.1, 0.15) is 25.5 Å². The number of nitrogens with zero attached hydrogens (tertiary/aromatic N) is 1. The summed E-state index contributed by atoms with van der Waals surface area (Å²) in [4.78, 5) is 2.48. The van der Waals surface area contributed by atoms with Gasteiger partial charge in [-0.25, -0.2) is 0 Å². The van der Waals surface area contributed by atoms with Crippen LogP contribution in [0.3, 0.4) is 0 Å². The molecule has 2 unspecified atom stereocenters. The van der Waals surface area contributed by atoms with Gasteiger partial charge in [0.05, 0.1) is 18.8 Å². The van der Waals surface area contributed by atoms with Crippen LogP contribution in [-0.2, 0) is 4.74 Å². The Morgan fingerprint density at radius 2 is 2.06 bits per heavy atom. The summed E-state index contributed by atoms with van der Waals surface area (Å²) >= 11 is 3.48. The number of morpholine rings is 1. The van der Waals surface area contributed by atoms with Crippen molar-refractivity contribution in [3.63, 3.8) is 0 Å². The van der Waals surface area contributed by atoms with Crippen molar-refractivity contribution >= 4 is 15.9 Å². The highest BCUT2D eigenvalue weighted by Gasteiger charge is 2.33. The number of rotatable bonds is 3. The lowest BCUT2D eigenvalue weighted by Crippen LogP contribution is -2.50. The molecular formula is C14H21BrN2O. The standard InChI is InChI=1S/C14H21BrN2O/c1-10(2)17-7-8-18-13(9-16)14(17)11-3-5-12(15)6-4-11/h3-6,10,13-14H,7-9,16H2,1-2H3. The molecule has 1 aromatic rings. The first-order chi connectivity index (χ1) is 8.63. The van der Waals surface area contributed by atoms with Crippen LogP contribution in [0, 0.1) is 0 Å². The third-order valence-corrected chi connectivity index (χ3v) is 4.03. The van der Waals surface area contributed by atoms with E-state index in [0.29, 0.717) is 12.6 Å². The fourth-order valence-electron chi connectivity index (χ4n) is 2.60. The van der Waals surface area contributed by atoms with E-state index in [4.69, 9.17) is 10.5 Å². The van der Waals surface area contributed by atoms with Crippen molar-refractivity contribution in [3.05, 3.63) is 34.3 Å². The van der Waals surface area contributed by atoms with Gasteiger partial charge in [-0.1, -0.05) is 28.1 Å². The van der Waals surface area contributed by atoms with Crippen LogP contribution >= 0.6 is 15.9 Å². The van der Waals surface area contributed by atoms with E-state index in [1.54, 1.807) is 0 Å². The Labute approximate surface area is 117 Å². The van der Waals surface area contributed by atoms with E-state index in [-0.39, 0.29) is 12.1 Å². The number of benzene rings is 1. The van der Waals surface area contributed by atoms with Gasteiger partial charge in [0.15, 0.2) is 0 Å². The van der Waals surface area contributed by atoms with E-state index in [1.807, 2.05) is 0 Å². The molecule has 0 spiro atoms. The molecule has 18 heavy (non-hydrogen) atoms. The van der Waals surface area contributed by atoms with E-state index in [2.05, 4.69) is 58.9 Å². The zero-order chi connectivity index (χ0) is 13.1. The molecule has 100 valence electrons. The van der Waals surface area contributed by atoms with Crippen LogP contribution in [0.4, 0.5) is 0 Å². The van der Waals surface area contributed by atoms with Gasteiger partial charge >= 0.3 is 0 Å². The van der Waals surface area contributed by atoms with Gasteiger partial charge in [-0.15, -0.1) is 0 Å². The number of ether oxygens (including phenoxy) is 1. The molecule has 0 bridgehead atoms. The minimum Gasteiger partial charge on any atom is -0.374 e. The lowest BCUT2D eigenvalue weighted by Gasteiger charge is -2.43. The minimum atomic E-state index is 0.0855. The maximum atomic E-state index is 5.86. The Kier molecular flexibility index (Phi) is 4.78. The quantitative estimate of drug-likeness (QED) is 0.932. The zero-order valence-corrected chi connectivity index (χ0v) is 12.6. The van der Waals surface area contributed by atoms with E-state index >= 15 is 0 Å². The van der Waals surface area contributed by atoms with Crippen LogP contribution in [0.15, 0.2) is 28.7 Å². The molecule has 0 amide bonds. The molecule has 2 N–H and O–H groups in total. The summed E-state index contributed by atoms with van der Waals surface area (Å²) in [5.74, 6) is 0. The molecule has 0 saturated carbocycles. The molecule has 0 aromatic heterocycles. The highest BCUT2D eigenvalue weighted by molar-refractivity contribution is 9.10. The topological polar surface area (TPSA) is 38.5 Å². The molecular weight excluding hydrogens is 292 g/mol. The van der Waals surface area contributed by atoms with Gasteiger partial charge in [0.25, 0.3) is 0 Å². The number of hydrogen-bond acceptors (Lipinski definition) is 3. The molecule has 1 aliphatic rings. The second kappa shape index (κ2) is 6.15. The summed E-state index contributed by atoms with van der Waals surface area (Å²) in [7, 11) is 0. The Hall–Kier alpha value is -0.420.